The van der Waals surface area contributed by atoms with Gasteiger partial charge in [-0.25, -0.2) is 0 Å². The number of nitrogens with one attached hydrogen (secondary N) is 1. The lowest BCUT2D eigenvalue weighted by Gasteiger charge is -1.99. The predicted octanol–water partition coefficient (Wildman–Crippen LogP) is 3.06. The van der Waals surface area contributed by atoms with Crippen LogP contribution in [-0.4, -0.2) is 13.6 Å². The third kappa shape index (κ3) is 3.30. The van der Waals surface area contributed by atoms with Gasteiger partial charge in [-0.15, -0.1) is 0 Å². The Morgan fingerprint density at radius 1 is 1.08 bits per heavy atom. The van der Waals surface area contributed by atoms with Crippen molar-refractivity contribution in [3.63, 3.8) is 0 Å². The van der Waals surface area contributed by atoms with E-state index in [9.17, 15) is 0 Å². The quantitative estimate of drug-likeness (QED) is 0.598. The molecule has 1 heteroatoms. The van der Waals surface area contributed by atoms with E-state index in [1.807, 2.05) is 0 Å². The highest BCUT2D eigenvalue weighted by atomic mass is 14.8. The Morgan fingerprint density at radius 3 is 2.46 bits per heavy atom. The molecule has 1 rings (SSSR count). The van der Waals surface area contributed by atoms with E-state index in [0.717, 1.165) is 17.8 Å². The SMILES string of the molecule is CCCCCCC1C(C)C1CNC. The molecule has 13 heavy (non-hydrogen) atoms. The van der Waals surface area contributed by atoms with Crippen molar-refractivity contribution in [3.8, 4) is 0 Å². The topological polar surface area (TPSA) is 12.0 Å². The van der Waals surface area contributed by atoms with Crippen LogP contribution in [0.4, 0.5) is 0 Å². The Balaban J connectivity index is 1.98. The molecule has 0 aliphatic heterocycles. The molecular formula is C12H25N. The second kappa shape index (κ2) is 5.64. The van der Waals surface area contributed by atoms with Gasteiger partial charge in [-0.3, -0.25) is 0 Å². The van der Waals surface area contributed by atoms with Gasteiger partial charge in [0.05, 0.1) is 0 Å². The van der Waals surface area contributed by atoms with Gasteiger partial charge in [-0.1, -0.05) is 39.5 Å². The summed E-state index contributed by atoms with van der Waals surface area (Å²) in [5.41, 5.74) is 0. The van der Waals surface area contributed by atoms with E-state index in [0.29, 0.717) is 0 Å². The van der Waals surface area contributed by atoms with Gasteiger partial charge in [-0.05, 0) is 37.8 Å². The molecule has 1 nitrogen and oxygen atoms in total. The van der Waals surface area contributed by atoms with Gasteiger partial charge in [-0.2, -0.15) is 0 Å². The molecule has 0 bridgehead atoms. The number of hydrogen-bond donors (Lipinski definition) is 1. The van der Waals surface area contributed by atoms with Crippen LogP contribution < -0.4 is 5.32 Å². The minimum Gasteiger partial charge on any atom is -0.319 e. The highest BCUT2D eigenvalue weighted by Gasteiger charge is 2.44. The molecule has 0 heterocycles. The van der Waals surface area contributed by atoms with Crippen molar-refractivity contribution in [1.82, 2.24) is 5.32 Å². The minimum absolute atomic E-state index is 0.992. The Labute approximate surface area is 83.3 Å². The predicted molar refractivity (Wildman–Crippen MR) is 58.8 cm³/mol. The summed E-state index contributed by atoms with van der Waals surface area (Å²) in [7, 11) is 2.07. The number of unbranched alkanes of at least 4 members (excludes halogenated alkanes) is 3. The Morgan fingerprint density at radius 2 is 1.85 bits per heavy atom. The molecule has 1 saturated carbocycles. The lowest BCUT2D eigenvalue weighted by Crippen LogP contribution is -2.11. The highest BCUT2D eigenvalue weighted by Crippen LogP contribution is 2.48. The van der Waals surface area contributed by atoms with Crippen LogP contribution in [0.15, 0.2) is 0 Å². The van der Waals surface area contributed by atoms with E-state index in [2.05, 4.69) is 26.2 Å². The Bertz CT molecular complexity index is 133. The van der Waals surface area contributed by atoms with Gasteiger partial charge >= 0.3 is 0 Å². The second-order valence-corrected chi connectivity index (χ2v) is 4.59. The zero-order valence-corrected chi connectivity index (χ0v) is 9.47. The zero-order valence-electron chi connectivity index (χ0n) is 9.47. The average molecular weight is 183 g/mol. The van der Waals surface area contributed by atoms with Crippen molar-refractivity contribution in [2.75, 3.05) is 13.6 Å². The number of rotatable bonds is 7. The molecule has 1 aliphatic rings. The fraction of sp³-hybridized carbons (Fsp3) is 1.00. The molecule has 0 radical (unpaired) electrons. The van der Waals surface area contributed by atoms with Gasteiger partial charge in [0.15, 0.2) is 0 Å². The monoisotopic (exact) mass is 183 g/mol. The summed E-state index contributed by atoms with van der Waals surface area (Å²) >= 11 is 0. The zero-order chi connectivity index (χ0) is 9.68. The average Bonchev–Trinajstić information content (AvgIpc) is 2.72. The smallest absolute Gasteiger partial charge is 0.00181 e. The maximum absolute atomic E-state index is 3.29. The van der Waals surface area contributed by atoms with Gasteiger partial charge in [0.1, 0.15) is 0 Å². The molecule has 3 unspecified atom stereocenters. The molecule has 0 aromatic carbocycles. The van der Waals surface area contributed by atoms with Crippen molar-refractivity contribution in [2.24, 2.45) is 17.8 Å². The fourth-order valence-corrected chi connectivity index (χ4v) is 2.49. The van der Waals surface area contributed by atoms with Crippen LogP contribution in [0.5, 0.6) is 0 Å². The first kappa shape index (κ1) is 11.0. The molecule has 1 N–H and O–H groups in total. The maximum atomic E-state index is 3.29. The molecule has 78 valence electrons. The summed E-state index contributed by atoms with van der Waals surface area (Å²) in [6.45, 7) is 5.93. The largest absolute Gasteiger partial charge is 0.319 e. The van der Waals surface area contributed by atoms with E-state index in [4.69, 9.17) is 0 Å². The van der Waals surface area contributed by atoms with Crippen LogP contribution in [0.25, 0.3) is 0 Å². The fourth-order valence-electron chi connectivity index (χ4n) is 2.49. The number of hydrogen-bond acceptors (Lipinski definition) is 1. The first-order chi connectivity index (χ1) is 6.31. The molecule has 3 atom stereocenters. The molecule has 0 saturated heterocycles. The third-order valence-electron chi connectivity index (χ3n) is 3.59. The summed E-state index contributed by atoms with van der Waals surface area (Å²) in [6.07, 6.45) is 7.18. The first-order valence-corrected chi connectivity index (χ1v) is 5.95. The van der Waals surface area contributed by atoms with Crippen LogP contribution in [0.3, 0.4) is 0 Å². The summed E-state index contributed by atoms with van der Waals surface area (Å²) in [4.78, 5) is 0. The van der Waals surface area contributed by atoms with Crippen LogP contribution >= 0.6 is 0 Å². The van der Waals surface area contributed by atoms with E-state index in [1.165, 1.54) is 38.6 Å². The summed E-state index contributed by atoms with van der Waals surface area (Å²) in [6, 6.07) is 0. The van der Waals surface area contributed by atoms with Gasteiger partial charge < -0.3 is 5.32 Å². The Kier molecular flexibility index (Phi) is 4.79. The van der Waals surface area contributed by atoms with Crippen LogP contribution in [0.1, 0.15) is 46.0 Å². The van der Waals surface area contributed by atoms with Crippen molar-refractivity contribution in [1.29, 1.82) is 0 Å². The lowest BCUT2D eigenvalue weighted by molar-refractivity contribution is 0.553. The van der Waals surface area contributed by atoms with Crippen LogP contribution in [0, 0.1) is 17.8 Å². The van der Waals surface area contributed by atoms with E-state index >= 15 is 0 Å². The molecule has 0 spiro atoms. The third-order valence-corrected chi connectivity index (χ3v) is 3.59. The van der Waals surface area contributed by atoms with Crippen molar-refractivity contribution in [3.05, 3.63) is 0 Å². The standard InChI is InChI=1S/C12H25N/c1-4-5-6-7-8-11-10(2)12(11)9-13-3/h10-13H,4-9H2,1-3H3. The van der Waals surface area contributed by atoms with E-state index < -0.39 is 0 Å². The van der Waals surface area contributed by atoms with Crippen molar-refractivity contribution < 1.29 is 0 Å². The molecule has 0 aromatic rings. The molecule has 1 fully saturated rings. The van der Waals surface area contributed by atoms with Gasteiger partial charge in [0.2, 0.25) is 0 Å². The van der Waals surface area contributed by atoms with Crippen LogP contribution in [0.2, 0.25) is 0 Å². The summed E-state index contributed by atoms with van der Waals surface area (Å²) < 4.78 is 0. The van der Waals surface area contributed by atoms with Gasteiger partial charge in [0, 0.05) is 0 Å². The summed E-state index contributed by atoms with van der Waals surface area (Å²) in [5, 5.41) is 3.29. The highest BCUT2D eigenvalue weighted by molar-refractivity contribution is 4.94. The van der Waals surface area contributed by atoms with E-state index in [1.54, 1.807) is 0 Å². The first-order valence-electron chi connectivity index (χ1n) is 5.95. The molecule has 1 aliphatic carbocycles. The molecule has 0 amide bonds. The normalized spacial score (nSPS) is 32.1. The minimum atomic E-state index is 0.992. The van der Waals surface area contributed by atoms with E-state index in [-0.39, 0.29) is 0 Å². The Hall–Kier alpha value is -0.0400. The van der Waals surface area contributed by atoms with Crippen molar-refractivity contribution in [2.45, 2.75) is 46.0 Å². The summed E-state index contributed by atoms with van der Waals surface area (Å²) in [5.74, 6) is 3.03. The molecular weight excluding hydrogens is 158 g/mol. The second-order valence-electron chi connectivity index (χ2n) is 4.59. The molecule has 0 aromatic heterocycles. The van der Waals surface area contributed by atoms with Crippen LogP contribution in [-0.2, 0) is 0 Å². The lowest BCUT2D eigenvalue weighted by atomic mass is 10.1. The van der Waals surface area contributed by atoms with Crippen molar-refractivity contribution >= 4 is 0 Å². The maximum Gasteiger partial charge on any atom is -0.00181 e. The van der Waals surface area contributed by atoms with Gasteiger partial charge in [0.25, 0.3) is 0 Å².